The molecule has 0 aliphatic rings. The molecule has 0 spiro atoms. The number of nitrogens with zero attached hydrogens (tertiary/aromatic N) is 3. The molecule has 0 fully saturated rings. The van der Waals surface area contributed by atoms with E-state index < -0.39 is 0 Å². The van der Waals surface area contributed by atoms with Crippen molar-refractivity contribution in [3.8, 4) is 0 Å². The zero-order valence-corrected chi connectivity index (χ0v) is 10.8. The van der Waals surface area contributed by atoms with Crippen LogP contribution in [-0.2, 0) is 23.6 Å². The van der Waals surface area contributed by atoms with Gasteiger partial charge in [0.15, 0.2) is 0 Å². The van der Waals surface area contributed by atoms with Gasteiger partial charge in [-0.3, -0.25) is 0 Å². The van der Waals surface area contributed by atoms with Gasteiger partial charge in [0.1, 0.15) is 11.6 Å². The maximum Gasteiger partial charge on any atom is 0.147 e. The van der Waals surface area contributed by atoms with Crippen molar-refractivity contribution in [1.29, 1.82) is 0 Å². The highest BCUT2D eigenvalue weighted by molar-refractivity contribution is 6.16. The Bertz CT molecular complexity index is 301. The molecule has 0 unspecified atom stereocenters. The molecule has 0 aliphatic carbocycles. The number of halogens is 1. The van der Waals surface area contributed by atoms with Crippen LogP contribution in [0.4, 0.5) is 0 Å². The molecule has 0 saturated heterocycles. The number of ether oxygens (including phenoxy) is 1. The summed E-state index contributed by atoms with van der Waals surface area (Å²) in [6.07, 6.45) is 2.96. The van der Waals surface area contributed by atoms with Crippen LogP contribution in [0.5, 0.6) is 0 Å². The SMILES string of the molecule is CCCn1c(CCl)nnc1CCCOCC. The number of hydrogen-bond donors (Lipinski definition) is 0. The molecule has 5 heteroatoms. The van der Waals surface area contributed by atoms with E-state index >= 15 is 0 Å². The van der Waals surface area contributed by atoms with Crippen LogP contribution in [0.1, 0.15) is 38.3 Å². The van der Waals surface area contributed by atoms with Gasteiger partial charge in [-0.05, 0) is 19.8 Å². The van der Waals surface area contributed by atoms with E-state index in [0.29, 0.717) is 5.88 Å². The molecule has 0 aliphatic heterocycles. The van der Waals surface area contributed by atoms with Crippen molar-refractivity contribution in [2.24, 2.45) is 0 Å². The van der Waals surface area contributed by atoms with Crippen LogP contribution in [0.2, 0.25) is 0 Å². The Labute approximate surface area is 102 Å². The maximum absolute atomic E-state index is 5.82. The van der Waals surface area contributed by atoms with E-state index in [0.717, 1.165) is 50.7 Å². The van der Waals surface area contributed by atoms with Gasteiger partial charge in [-0.25, -0.2) is 0 Å². The average Bonchev–Trinajstić information content (AvgIpc) is 2.68. The first-order valence-electron chi connectivity index (χ1n) is 5.88. The maximum atomic E-state index is 5.82. The minimum absolute atomic E-state index is 0.429. The van der Waals surface area contributed by atoms with E-state index in [1.54, 1.807) is 0 Å². The minimum atomic E-state index is 0.429. The second kappa shape index (κ2) is 7.63. The molecule has 92 valence electrons. The molecule has 16 heavy (non-hydrogen) atoms. The molecule has 1 aromatic heterocycles. The van der Waals surface area contributed by atoms with E-state index in [1.165, 1.54) is 0 Å². The first kappa shape index (κ1) is 13.5. The molecule has 0 bridgehead atoms. The highest BCUT2D eigenvalue weighted by Crippen LogP contribution is 2.08. The zero-order chi connectivity index (χ0) is 11.8. The predicted molar refractivity (Wildman–Crippen MR) is 64.7 cm³/mol. The van der Waals surface area contributed by atoms with E-state index in [4.69, 9.17) is 16.3 Å². The largest absolute Gasteiger partial charge is 0.382 e. The first-order chi connectivity index (χ1) is 7.83. The molecule has 0 radical (unpaired) electrons. The average molecular weight is 246 g/mol. The van der Waals surface area contributed by atoms with Gasteiger partial charge in [0.25, 0.3) is 0 Å². The lowest BCUT2D eigenvalue weighted by atomic mass is 10.3. The highest BCUT2D eigenvalue weighted by Gasteiger charge is 2.09. The summed E-state index contributed by atoms with van der Waals surface area (Å²) >= 11 is 5.82. The summed E-state index contributed by atoms with van der Waals surface area (Å²) in [6.45, 7) is 6.65. The first-order valence-corrected chi connectivity index (χ1v) is 6.41. The van der Waals surface area contributed by atoms with Gasteiger partial charge in [0, 0.05) is 26.2 Å². The molecule has 1 rings (SSSR count). The van der Waals surface area contributed by atoms with Crippen LogP contribution in [-0.4, -0.2) is 28.0 Å². The Hall–Kier alpha value is -0.610. The summed E-state index contributed by atoms with van der Waals surface area (Å²) in [6, 6.07) is 0. The Morgan fingerprint density at radius 1 is 1.25 bits per heavy atom. The van der Waals surface area contributed by atoms with Gasteiger partial charge < -0.3 is 9.30 Å². The van der Waals surface area contributed by atoms with E-state index in [2.05, 4.69) is 21.7 Å². The molecule has 1 heterocycles. The normalized spacial score (nSPS) is 10.9. The van der Waals surface area contributed by atoms with Crippen molar-refractivity contribution in [2.75, 3.05) is 13.2 Å². The van der Waals surface area contributed by atoms with Gasteiger partial charge in [0.05, 0.1) is 5.88 Å². The fourth-order valence-corrected chi connectivity index (χ4v) is 1.81. The van der Waals surface area contributed by atoms with Gasteiger partial charge in [-0.2, -0.15) is 0 Å². The molecule has 0 amide bonds. The second-order valence-corrected chi connectivity index (χ2v) is 3.89. The monoisotopic (exact) mass is 245 g/mol. The molecule has 1 aromatic rings. The highest BCUT2D eigenvalue weighted by atomic mass is 35.5. The van der Waals surface area contributed by atoms with Crippen molar-refractivity contribution in [3.05, 3.63) is 11.6 Å². The van der Waals surface area contributed by atoms with Crippen molar-refractivity contribution in [1.82, 2.24) is 14.8 Å². The van der Waals surface area contributed by atoms with Gasteiger partial charge in [0.2, 0.25) is 0 Å². The third kappa shape index (κ3) is 3.76. The molecule has 0 saturated carbocycles. The number of rotatable bonds is 8. The van der Waals surface area contributed by atoms with Crippen molar-refractivity contribution >= 4 is 11.6 Å². The van der Waals surface area contributed by atoms with Crippen LogP contribution in [0.25, 0.3) is 0 Å². The van der Waals surface area contributed by atoms with Crippen LogP contribution in [0.3, 0.4) is 0 Å². The van der Waals surface area contributed by atoms with E-state index in [9.17, 15) is 0 Å². The lowest BCUT2D eigenvalue weighted by molar-refractivity contribution is 0.144. The summed E-state index contributed by atoms with van der Waals surface area (Å²) in [5.41, 5.74) is 0. The molecule has 0 aromatic carbocycles. The quantitative estimate of drug-likeness (QED) is 0.522. The standard InChI is InChI=1S/C11H20ClN3O/c1-3-7-15-10(6-5-8-16-4-2)13-14-11(15)9-12/h3-9H2,1-2H3. The van der Waals surface area contributed by atoms with Crippen molar-refractivity contribution in [3.63, 3.8) is 0 Å². The van der Waals surface area contributed by atoms with Crippen LogP contribution >= 0.6 is 11.6 Å². The van der Waals surface area contributed by atoms with E-state index in [-0.39, 0.29) is 0 Å². The van der Waals surface area contributed by atoms with Crippen LogP contribution in [0.15, 0.2) is 0 Å². The third-order valence-electron chi connectivity index (χ3n) is 2.36. The topological polar surface area (TPSA) is 39.9 Å². The summed E-state index contributed by atoms with van der Waals surface area (Å²) < 4.78 is 7.43. The Balaban J connectivity index is 2.53. The fraction of sp³-hybridized carbons (Fsp3) is 0.818. The summed E-state index contributed by atoms with van der Waals surface area (Å²) in [4.78, 5) is 0. The fourth-order valence-electron chi connectivity index (χ4n) is 1.61. The number of hydrogen-bond acceptors (Lipinski definition) is 3. The number of aromatic nitrogens is 3. The van der Waals surface area contributed by atoms with Crippen molar-refractivity contribution in [2.45, 2.75) is 45.5 Å². The summed E-state index contributed by atoms with van der Waals surface area (Å²) in [7, 11) is 0. The molecule has 0 atom stereocenters. The van der Waals surface area contributed by atoms with Gasteiger partial charge in [-0.1, -0.05) is 6.92 Å². The number of alkyl halides is 1. The lowest BCUT2D eigenvalue weighted by Crippen LogP contribution is -2.08. The summed E-state index contributed by atoms with van der Waals surface area (Å²) in [5.74, 6) is 2.32. The van der Waals surface area contributed by atoms with Crippen LogP contribution < -0.4 is 0 Å². The third-order valence-corrected chi connectivity index (χ3v) is 2.60. The minimum Gasteiger partial charge on any atom is -0.382 e. The Kier molecular flexibility index (Phi) is 6.42. The predicted octanol–water partition coefficient (Wildman–Crippen LogP) is 2.40. The van der Waals surface area contributed by atoms with E-state index in [1.807, 2.05) is 6.92 Å². The van der Waals surface area contributed by atoms with Gasteiger partial charge in [-0.15, -0.1) is 21.8 Å². The number of aryl methyl sites for hydroxylation is 1. The van der Waals surface area contributed by atoms with Crippen molar-refractivity contribution < 1.29 is 4.74 Å². The second-order valence-electron chi connectivity index (χ2n) is 3.62. The van der Waals surface area contributed by atoms with Gasteiger partial charge >= 0.3 is 0 Å². The van der Waals surface area contributed by atoms with Crippen LogP contribution in [0, 0.1) is 0 Å². The summed E-state index contributed by atoms with van der Waals surface area (Å²) in [5, 5.41) is 8.27. The molecule has 4 nitrogen and oxygen atoms in total. The molecule has 0 N–H and O–H groups in total. The molecular formula is C11H20ClN3O. The Morgan fingerprint density at radius 2 is 2.00 bits per heavy atom. The lowest BCUT2D eigenvalue weighted by Gasteiger charge is -2.07. The zero-order valence-electron chi connectivity index (χ0n) is 10.1. The molecular weight excluding hydrogens is 226 g/mol. The Morgan fingerprint density at radius 3 is 2.62 bits per heavy atom. The smallest absolute Gasteiger partial charge is 0.147 e.